The number of rotatable bonds is 4. The number of amides is 1. The second-order valence-electron chi connectivity index (χ2n) is 6.85. The van der Waals surface area contributed by atoms with Crippen molar-refractivity contribution in [1.82, 2.24) is 0 Å². The molecule has 4 rings (SSSR count). The Balaban J connectivity index is 1.45. The number of hydrogen-bond donors (Lipinski definition) is 1. The van der Waals surface area contributed by atoms with Crippen molar-refractivity contribution >= 4 is 23.2 Å². The number of carbonyl (C=O) groups excluding carboxylic acids is 1. The zero-order valence-electron chi connectivity index (χ0n) is 16.2. The molecule has 152 valence electrons. The molecule has 0 spiro atoms. The molecule has 0 atom stereocenters. The number of fused-ring (bicyclic) bond motifs is 1. The van der Waals surface area contributed by atoms with Crippen LogP contribution in [-0.4, -0.2) is 17.7 Å². The van der Waals surface area contributed by atoms with Crippen LogP contribution in [-0.2, 0) is 6.54 Å². The quantitative estimate of drug-likeness (QED) is 0.492. The summed E-state index contributed by atoms with van der Waals surface area (Å²) in [7, 11) is 0. The monoisotopic (exact) mass is 405 g/mol. The fourth-order valence-corrected chi connectivity index (χ4v) is 3.22. The molecule has 8 nitrogen and oxygen atoms in total. The molecule has 0 bridgehead atoms. The first-order valence-electron chi connectivity index (χ1n) is 9.29. The summed E-state index contributed by atoms with van der Waals surface area (Å²) in [5.74, 6) is 1.09. The maximum atomic E-state index is 12.3. The zero-order chi connectivity index (χ0) is 21.1. The number of aryl methyl sites for hydroxylation is 1. The Kier molecular flexibility index (Phi) is 5.21. The number of nitrogens with one attached hydrogen (secondary N) is 1. The van der Waals surface area contributed by atoms with Crippen LogP contribution in [0, 0.1) is 17.0 Å². The van der Waals surface area contributed by atoms with Gasteiger partial charge in [0, 0.05) is 29.4 Å². The molecule has 3 aromatic carbocycles. The van der Waals surface area contributed by atoms with Crippen LogP contribution in [0.1, 0.15) is 11.1 Å². The molecule has 0 aliphatic carbocycles. The fraction of sp³-hybridized carbons (Fsp3) is 0.136. The first-order valence-corrected chi connectivity index (χ1v) is 9.29. The van der Waals surface area contributed by atoms with Crippen LogP contribution in [0.25, 0.3) is 0 Å². The number of para-hydroxylation sites is 1. The smallest absolute Gasteiger partial charge is 0.417 e. The van der Waals surface area contributed by atoms with Gasteiger partial charge in [0.2, 0.25) is 0 Å². The summed E-state index contributed by atoms with van der Waals surface area (Å²) in [6.07, 6.45) is -0.732. The van der Waals surface area contributed by atoms with Crippen LogP contribution in [0.3, 0.4) is 0 Å². The molecule has 1 N–H and O–H groups in total. The van der Waals surface area contributed by atoms with Crippen LogP contribution in [0.5, 0.6) is 11.5 Å². The molecule has 0 saturated heterocycles. The van der Waals surface area contributed by atoms with Gasteiger partial charge in [0.05, 0.1) is 10.6 Å². The first kappa shape index (κ1) is 19.3. The lowest BCUT2D eigenvalue weighted by Crippen LogP contribution is -2.31. The molecular weight excluding hydrogens is 386 g/mol. The standard InChI is InChI=1S/C22H19N3O5/c1-15-7-8-17(12-20(15)25(27)28)23-22(26)30-19-9-10-21-16(11-19)13-24(14-29-21)18-5-3-2-4-6-18/h2-12H,13-14H2,1H3,(H,23,26). The van der Waals surface area contributed by atoms with E-state index in [9.17, 15) is 14.9 Å². The maximum absolute atomic E-state index is 12.3. The number of nitrogens with zero attached hydrogens (tertiary/aromatic N) is 2. The molecule has 1 aliphatic rings. The molecular formula is C22H19N3O5. The van der Waals surface area contributed by atoms with Crippen molar-refractivity contribution < 1.29 is 19.2 Å². The number of nitro groups is 1. The Hall–Kier alpha value is -4.07. The minimum Gasteiger partial charge on any atom is -0.473 e. The summed E-state index contributed by atoms with van der Waals surface area (Å²) in [4.78, 5) is 24.9. The summed E-state index contributed by atoms with van der Waals surface area (Å²) in [6.45, 7) is 2.68. The van der Waals surface area contributed by atoms with Gasteiger partial charge >= 0.3 is 6.09 Å². The van der Waals surface area contributed by atoms with E-state index in [4.69, 9.17) is 9.47 Å². The van der Waals surface area contributed by atoms with Gasteiger partial charge in [-0.1, -0.05) is 24.3 Å². The summed E-state index contributed by atoms with van der Waals surface area (Å²) < 4.78 is 11.2. The van der Waals surface area contributed by atoms with E-state index < -0.39 is 11.0 Å². The van der Waals surface area contributed by atoms with Gasteiger partial charge in [0.25, 0.3) is 5.69 Å². The molecule has 8 heteroatoms. The second kappa shape index (κ2) is 8.12. The van der Waals surface area contributed by atoms with Crippen molar-refractivity contribution in [3.05, 3.63) is 88.0 Å². The summed E-state index contributed by atoms with van der Waals surface area (Å²) >= 11 is 0. The van der Waals surface area contributed by atoms with E-state index in [1.807, 2.05) is 30.3 Å². The van der Waals surface area contributed by atoms with Crippen molar-refractivity contribution in [2.75, 3.05) is 16.9 Å². The second-order valence-corrected chi connectivity index (χ2v) is 6.85. The predicted octanol–water partition coefficient (Wildman–Crippen LogP) is 4.87. The number of ether oxygens (including phenoxy) is 2. The third kappa shape index (κ3) is 4.17. The third-order valence-electron chi connectivity index (χ3n) is 4.75. The molecule has 1 aliphatic heterocycles. The topological polar surface area (TPSA) is 93.9 Å². The Morgan fingerprint density at radius 3 is 2.70 bits per heavy atom. The average molecular weight is 405 g/mol. The lowest BCUT2D eigenvalue weighted by molar-refractivity contribution is -0.385. The van der Waals surface area contributed by atoms with E-state index in [-0.39, 0.29) is 11.4 Å². The van der Waals surface area contributed by atoms with E-state index >= 15 is 0 Å². The number of benzene rings is 3. The molecule has 0 fully saturated rings. The van der Waals surface area contributed by atoms with Crippen LogP contribution in [0.15, 0.2) is 66.7 Å². The zero-order valence-corrected chi connectivity index (χ0v) is 16.2. The van der Waals surface area contributed by atoms with Crippen molar-refractivity contribution in [2.45, 2.75) is 13.5 Å². The SMILES string of the molecule is Cc1ccc(NC(=O)Oc2ccc3c(c2)CN(c2ccccc2)CO3)cc1[N+](=O)[O-]. The number of hydrogen-bond acceptors (Lipinski definition) is 6. The van der Waals surface area contributed by atoms with Crippen LogP contribution in [0.4, 0.5) is 21.9 Å². The van der Waals surface area contributed by atoms with Gasteiger partial charge in [-0.3, -0.25) is 15.4 Å². The number of anilines is 2. The van der Waals surface area contributed by atoms with Gasteiger partial charge in [-0.2, -0.15) is 0 Å². The molecule has 0 saturated carbocycles. The lowest BCUT2D eigenvalue weighted by atomic mass is 10.1. The Labute approximate surface area is 172 Å². The van der Waals surface area contributed by atoms with Crippen LogP contribution < -0.4 is 19.7 Å². The fourth-order valence-electron chi connectivity index (χ4n) is 3.22. The largest absolute Gasteiger partial charge is 0.473 e. The summed E-state index contributed by atoms with van der Waals surface area (Å²) in [6, 6.07) is 19.5. The highest BCUT2D eigenvalue weighted by Gasteiger charge is 2.19. The minimum absolute atomic E-state index is 0.0697. The minimum atomic E-state index is -0.732. The van der Waals surface area contributed by atoms with E-state index in [0.29, 0.717) is 24.6 Å². The number of nitro benzene ring substituents is 1. The van der Waals surface area contributed by atoms with Gasteiger partial charge < -0.3 is 14.4 Å². The normalized spacial score (nSPS) is 12.5. The Morgan fingerprint density at radius 2 is 1.93 bits per heavy atom. The van der Waals surface area contributed by atoms with Gasteiger partial charge in [-0.25, -0.2) is 4.79 Å². The van der Waals surface area contributed by atoms with Crippen molar-refractivity contribution in [3.63, 3.8) is 0 Å². The molecule has 0 aromatic heterocycles. The maximum Gasteiger partial charge on any atom is 0.417 e. The highest BCUT2D eigenvalue weighted by Crippen LogP contribution is 2.31. The number of carbonyl (C=O) groups is 1. The first-order chi connectivity index (χ1) is 14.5. The van der Waals surface area contributed by atoms with E-state index in [1.54, 1.807) is 37.3 Å². The van der Waals surface area contributed by atoms with Crippen LogP contribution >= 0.6 is 0 Å². The van der Waals surface area contributed by atoms with Crippen molar-refractivity contribution in [2.24, 2.45) is 0 Å². The Bertz CT molecular complexity index is 1100. The highest BCUT2D eigenvalue weighted by molar-refractivity contribution is 5.87. The lowest BCUT2D eigenvalue weighted by Gasteiger charge is -2.30. The van der Waals surface area contributed by atoms with E-state index in [1.165, 1.54) is 6.07 Å². The van der Waals surface area contributed by atoms with E-state index in [0.717, 1.165) is 17.0 Å². The van der Waals surface area contributed by atoms with Gasteiger partial charge in [0.15, 0.2) is 6.73 Å². The molecule has 1 heterocycles. The average Bonchev–Trinajstić information content (AvgIpc) is 2.75. The van der Waals surface area contributed by atoms with Gasteiger partial charge in [-0.15, -0.1) is 0 Å². The molecule has 1 amide bonds. The molecule has 0 unspecified atom stereocenters. The highest BCUT2D eigenvalue weighted by atomic mass is 16.6. The summed E-state index contributed by atoms with van der Waals surface area (Å²) in [5, 5.41) is 13.6. The van der Waals surface area contributed by atoms with Gasteiger partial charge in [-0.05, 0) is 43.3 Å². The van der Waals surface area contributed by atoms with Gasteiger partial charge in [0.1, 0.15) is 11.5 Å². The molecule has 0 radical (unpaired) electrons. The predicted molar refractivity (Wildman–Crippen MR) is 112 cm³/mol. The van der Waals surface area contributed by atoms with E-state index in [2.05, 4.69) is 10.2 Å². The molecule has 3 aromatic rings. The van der Waals surface area contributed by atoms with Crippen molar-refractivity contribution in [1.29, 1.82) is 0 Å². The third-order valence-corrected chi connectivity index (χ3v) is 4.75. The summed E-state index contributed by atoms with van der Waals surface area (Å²) in [5.41, 5.74) is 2.65. The molecule has 30 heavy (non-hydrogen) atoms. The van der Waals surface area contributed by atoms with Crippen molar-refractivity contribution in [3.8, 4) is 11.5 Å². The van der Waals surface area contributed by atoms with Crippen LogP contribution in [0.2, 0.25) is 0 Å². The Morgan fingerprint density at radius 1 is 1.13 bits per heavy atom.